The molecule has 1 saturated heterocycles. The first-order valence-corrected chi connectivity index (χ1v) is 14.5. The fraction of sp³-hybridized carbons (Fsp3) is 0.533. The third kappa shape index (κ3) is 8.25. The first-order chi connectivity index (χ1) is 20.3. The molecule has 1 saturated carbocycles. The summed E-state index contributed by atoms with van der Waals surface area (Å²) in [5.41, 5.74) is 1.59. The first kappa shape index (κ1) is 30.9. The lowest BCUT2D eigenvalue weighted by Crippen LogP contribution is -2.56. The van der Waals surface area contributed by atoms with Gasteiger partial charge < -0.3 is 29.7 Å². The number of rotatable bonds is 13. The lowest BCUT2D eigenvalue weighted by molar-refractivity contribution is -0.138. The van der Waals surface area contributed by atoms with Crippen LogP contribution in [-0.4, -0.2) is 101 Å². The third-order valence-corrected chi connectivity index (χ3v) is 7.52. The fourth-order valence-electron chi connectivity index (χ4n) is 4.98. The molecule has 1 aliphatic carbocycles. The van der Waals surface area contributed by atoms with Crippen molar-refractivity contribution in [3.8, 4) is 11.4 Å². The number of aliphatic carboxylic acids is 1. The van der Waals surface area contributed by atoms with Gasteiger partial charge in [-0.2, -0.15) is 0 Å². The first-order valence-electron chi connectivity index (χ1n) is 14.5. The molecule has 3 atom stereocenters. The van der Waals surface area contributed by atoms with Crippen molar-refractivity contribution < 1.29 is 33.8 Å². The van der Waals surface area contributed by atoms with Gasteiger partial charge in [0.05, 0.1) is 6.61 Å². The zero-order valence-corrected chi connectivity index (χ0v) is 24.2. The molecule has 2 heterocycles. The van der Waals surface area contributed by atoms with E-state index < -0.39 is 29.9 Å². The molecule has 12 nitrogen and oxygen atoms in total. The Morgan fingerprint density at radius 1 is 1.07 bits per heavy atom. The molecule has 1 aliphatic heterocycles. The molecule has 3 unspecified atom stereocenters. The smallest absolute Gasteiger partial charge is 0.409 e. The maximum Gasteiger partial charge on any atom is 0.409 e. The van der Waals surface area contributed by atoms with E-state index in [9.17, 15) is 24.3 Å². The summed E-state index contributed by atoms with van der Waals surface area (Å²) in [7, 11) is 1.65. The van der Waals surface area contributed by atoms with Crippen LogP contribution in [0.4, 0.5) is 4.79 Å². The van der Waals surface area contributed by atoms with Crippen molar-refractivity contribution in [3.63, 3.8) is 0 Å². The molecule has 1 aromatic carbocycles. The number of unbranched alkanes of at least 4 members (excludes halogenated alkanes) is 1. The molecule has 2 aliphatic rings. The number of piperazine rings is 1. The summed E-state index contributed by atoms with van der Waals surface area (Å²) in [6.45, 7) is 4.02. The molecule has 0 spiro atoms. The lowest BCUT2D eigenvalue weighted by atomic mass is 10.1. The minimum Gasteiger partial charge on any atom is -0.481 e. The van der Waals surface area contributed by atoms with Gasteiger partial charge in [-0.1, -0.05) is 43.7 Å². The molecule has 2 N–H and O–H groups in total. The number of amides is 3. The van der Waals surface area contributed by atoms with Gasteiger partial charge in [0.25, 0.3) is 5.91 Å². The summed E-state index contributed by atoms with van der Waals surface area (Å²) < 4.78 is 10.6. The number of methoxy groups -OCH3 is 1. The van der Waals surface area contributed by atoms with E-state index >= 15 is 0 Å². The predicted molar refractivity (Wildman–Crippen MR) is 153 cm³/mol. The van der Waals surface area contributed by atoms with Crippen molar-refractivity contribution in [1.82, 2.24) is 25.1 Å². The number of benzene rings is 1. The molecular weight excluding hydrogens is 542 g/mol. The van der Waals surface area contributed by atoms with Crippen molar-refractivity contribution in [1.29, 1.82) is 0 Å². The van der Waals surface area contributed by atoms with Crippen LogP contribution in [0.2, 0.25) is 0 Å². The van der Waals surface area contributed by atoms with Crippen molar-refractivity contribution in [2.75, 3.05) is 46.5 Å². The van der Waals surface area contributed by atoms with Crippen molar-refractivity contribution in [3.05, 3.63) is 47.8 Å². The number of carbonyl (C=O) groups is 4. The highest BCUT2D eigenvalue weighted by molar-refractivity contribution is 5.96. The molecule has 12 heteroatoms. The maximum atomic E-state index is 13.5. The Hall–Kier alpha value is -4.06. The van der Waals surface area contributed by atoms with Crippen LogP contribution in [0.15, 0.2) is 36.4 Å². The number of nitrogens with zero attached hydrogens (tertiary/aromatic N) is 4. The van der Waals surface area contributed by atoms with E-state index in [2.05, 4.69) is 10.3 Å². The zero-order chi connectivity index (χ0) is 30.1. The second-order valence-electron chi connectivity index (χ2n) is 10.7. The van der Waals surface area contributed by atoms with Crippen molar-refractivity contribution in [2.24, 2.45) is 5.92 Å². The van der Waals surface area contributed by atoms with E-state index in [4.69, 9.17) is 14.5 Å². The molecule has 42 heavy (non-hydrogen) atoms. The van der Waals surface area contributed by atoms with Crippen LogP contribution in [0.3, 0.4) is 0 Å². The van der Waals surface area contributed by atoms with E-state index in [1.165, 1.54) is 0 Å². The van der Waals surface area contributed by atoms with Crippen LogP contribution in [0.5, 0.6) is 0 Å². The molecule has 226 valence electrons. The van der Waals surface area contributed by atoms with Gasteiger partial charge in [-0.15, -0.1) is 0 Å². The monoisotopic (exact) mass is 581 g/mol. The number of hydrogen-bond donors (Lipinski definition) is 2. The summed E-state index contributed by atoms with van der Waals surface area (Å²) in [5, 5.41) is 12.0. The van der Waals surface area contributed by atoms with Crippen LogP contribution in [0.25, 0.3) is 11.4 Å². The summed E-state index contributed by atoms with van der Waals surface area (Å²) in [6, 6.07) is 9.89. The molecule has 2 fully saturated rings. The van der Waals surface area contributed by atoms with Crippen LogP contribution in [0.1, 0.15) is 61.1 Å². The molecule has 3 amide bonds. The number of ether oxygens (including phenoxy) is 2. The zero-order valence-electron chi connectivity index (χ0n) is 24.2. The highest BCUT2D eigenvalue weighted by Crippen LogP contribution is 2.47. The van der Waals surface area contributed by atoms with E-state index in [1.807, 2.05) is 37.3 Å². The van der Waals surface area contributed by atoms with Gasteiger partial charge in [0, 0.05) is 63.5 Å². The minimum absolute atomic E-state index is 0.0821. The molecule has 1 aromatic heterocycles. The Kier molecular flexibility index (Phi) is 10.8. The van der Waals surface area contributed by atoms with Gasteiger partial charge in [0.1, 0.15) is 11.7 Å². The Balaban J connectivity index is 1.48. The number of hydrogen-bond acceptors (Lipinski definition) is 8. The predicted octanol–water partition coefficient (Wildman–Crippen LogP) is 2.94. The summed E-state index contributed by atoms with van der Waals surface area (Å²) >= 11 is 0. The normalized spacial score (nSPS) is 18.7. The number of carboxylic acid groups (broad SMARTS) is 1. The summed E-state index contributed by atoms with van der Waals surface area (Å²) in [4.78, 5) is 63.0. The van der Waals surface area contributed by atoms with Gasteiger partial charge in [-0.25, -0.2) is 14.8 Å². The number of nitrogens with one attached hydrogen (secondary N) is 1. The van der Waals surface area contributed by atoms with Crippen LogP contribution in [-0.2, 0) is 19.1 Å². The number of carbonyl (C=O) groups excluding carboxylic acids is 3. The molecule has 0 radical (unpaired) electrons. The number of aromatic nitrogens is 2. The van der Waals surface area contributed by atoms with Crippen molar-refractivity contribution >= 4 is 23.9 Å². The fourth-order valence-corrected chi connectivity index (χ4v) is 4.98. The van der Waals surface area contributed by atoms with E-state index in [-0.39, 0.29) is 50.6 Å². The second-order valence-corrected chi connectivity index (χ2v) is 10.7. The van der Waals surface area contributed by atoms with Gasteiger partial charge in [0.2, 0.25) is 5.91 Å². The highest BCUT2D eigenvalue weighted by Gasteiger charge is 2.40. The Morgan fingerprint density at radius 2 is 1.79 bits per heavy atom. The SMILES string of the molecule is CCCCOC(=O)N1CCN(C(=O)C(CCC(=O)O)NC(=O)c2cc(C3CC3COC)nc(-c3ccccc3)n2)CC1. The Morgan fingerprint density at radius 3 is 2.45 bits per heavy atom. The van der Waals surface area contributed by atoms with E-state index in [1.54, 1.807) is 23.0 Å². The largest absolute Gasteiger partial charge is 0.481 e. The maximum absolute atomic E-state index is 13.5. The summed E-state index contributed by atoms with van der Waals surface area (Å²) in [5.74, 6) is -1.22. The van der Waals surface area contributed by atoms with Crippen LogP contribution >= 0.6 is 0 Å². The average Bonchev–Trinajstić information content (AvgIpc) is 3.78. The van der Waals surface area contributed by atoms with E-state index in [0.29, 0.717) is 25.0 Å². The van der Waals surface area contributed by atoms with Crippen LogP contribution < -0.4 is 5.32 Å². The standard InChI is InChI=1S/C30H39N5O7/c1-3-4-16-42-30(40)35-14-12-34(13-15-35)29(39)23(10-11-26(36)37)33-28(38)25-18-24(22-17-21(22)19-41-2)31-27(32-25)20-8-6-5-7-9-20/h5-9,18,21-23H,3-4,10-17,19H2,1-2H3,(H,33,38)(H,36,37). The van der Waals surface area contributed by atoms with Crippen molar-refractivity contribution in [2.45, 2.75) is 51.0 Å². The molecule has 0 bridgehead atoms. The lowest BCUT2D eigenvalue weighted by Gasteiger charge is -2.36. The molecular formula is C30H39N5O7. The quantitative estimate of drug-likeness (QED) is 0.340. The van der Waals surface area contributed by atoms with Crippen LogP contribution in [0, 0.1) is 5.92 Å². The topological polar surface area (TPSA) is 151 Å². The Bertz CT molecular complexity index is 1250. The van der Waals surface area contributed by atoms with Gasteiger partial charge in [0.15, 0.2) is 5.82 Å². The summed E-state index contributed by atoms with van der Waals surface area (Å²) in [6.07, 6.45) is 1.79. The van der Waals surface area contributed by atoms with E-state index in [0.717, 1.165) is 30.5 Å². The molecule has 4 rings (SSSR count). The minimum atomic E-state index is -1.07. The van der Waals surface area contributed by atoms with Gasteiger partial charge >= 0.3 is 12.1 Å². The second kappa shape index (κ2) is 14.7. The van der Waals surface area contributed by atoms with Gasteiger partial charge in [-0.3, -0.25) is 14.4 Å². The Labute approximate surface area is 245 Å². The number of carboxylic acids is 1. The molecule has 2 aromatic rings. The van der Waals surface area contributed by atoms with Gasteiger partial charge in [-0.05, 0) is 31.2 Å². The highest BCUT2D eigenvalue weighted by atomic mass is 16.6. The average molecular weight is 582 g/mol. The third-order valence-electron chi connectivity index (χ3n) is 7.52.